The molecule has 0 bridgehead atoms. The third kappa shape index (κ3) is 0.819. The van der Waals surface area contributed by atoms with Gasteiger partial charge in [0.2, 0.25) is 0 Å². The third-order valence-electron chi connectivity index (χ3n) is 1.15. The standard InChI is InChI=1S/C5H4BrN3S/c6-3-1-9-2-4(7)8-5(9)10-3/h1-2H,7H2. The predicted octanol–water partition coefficient (Wildman–Crippen LogP) is 1.74. The molecule has 52 valence electrons. The van der Waals surface area contributed by atoms with E-state index < -0.39 is 0 Å². The van der Waals surface area contributed by atoms with Crippen LogP contribution < -0.4 is 5.73 Å². The molecule has 0 saturated heterocycles. The van der Waals surface area contributed by atoms with Crippen LogP contribution in [0.2, 0.25) is 0 Å². The minimum Gasteiger partial charge on any atom is -0.382 e. The lowest BCUT2D eigenvalue weighted by atomic mass is 10.8. The van der Waals surface area contributed by atoms with E-state index >= 15 is 0 Å². The lowest BCUT2D eigenvalue weighted by Crippen LogP contribution is -1.80. The Bertz CT molecular complexity index is 301. The number of fused-ring (bicyclic) bond motifs is 1. The average molecular weight is 218 g/mol. The molecular formula is C5H4BrN3S. The molecule has 0 aliphatic rings. The Morgan fingerprint density at radius 3 is 3.10 bits per heavy atom. The van der Waals surface area contributed by atoms with Gasteiger partial charge >= 0.3 is 0 Å². The van der Waals surface area contributed by atoms with Crippen molar-refractivity contribution in [1.82, 2.24) is 9.38 Å². The molecule has 2 heterocycles. The van der Waals surface area contributed by atoms with Crippen molar-refractivity contribution in [2.45, 2.75) is 0 Å². The number of hydrogen-bond acceptors (Lipinski definition) is 3. The molecule has 0 radical (unpaired) electrons. The molecule has 0 fully saturated rings. The molecule has 0 unspecified atom stereocenters. The van der Waals surface area contributed by atoms with Gasteiger partial charge in [-0.15, -0.1) is 0 Å². The summed E-state index contributed by atoms with van der Waals surface area (Å²) in [6.07, 6.45) is 3.72. The van der Waals surface area contributed by atoms with E-state index in [1.165, 1.54) is 0 Å². The number of nitrogens with zero attached hydrogens (tertiary/aromatic N) is 2. The molecule has 0 spiro atoms. The van der Waals surface area contributed by atoms with Crippen molar-refractivity contribution in [3.8, 4) is 0 Å². The maximum Gasteiger partial charge on any atom is 0.196 e. The van der Waals surface area contributed by atoms with Crippen LogP contribution in [0.1, 0.15) is 0 Å². The molecule has 2 N–H and O–H groups in total. The molecular weight excluding hydrogens is 214 g/mol. The van der Waals surface area contributed by atoms with E-state index in [-0.39, 0.29) is 0 Å². The van der Waals surface area contributed by atoms with Gasteiger partial charge in [-0.25, -0.2) is 4.98 Å². The minimum absolute atomic E-state index is 0.568. The lowest BCUT2D eigenvalue weighted by Gasteiger charge is -1.74. The van der Waals surface area contributed by atoms with Crippen LogP contribution in [0.25, 0.3) is 4.96 Å². The predicted molar refractivity (Wildman–Crippen MR) is 45.2 cm³/mol. The zero-order chi connectivity index (χ0) is 7.14. The molecule has 0 aliphatic carbocycles. The van der Waals surface area contributed by atoms with E-state index in [4.69, 9.17) is 5.73 Å². The summed E-state index contributed by atoms with van der Waals surface area (Å²) in [5.41, 5.74) is 5.44. The number of halogens is 1. The first-order chi connectivity index (χ1) is 4.75. The van der Waals surface area contributed by atoms with Gasteiger partial charge in [0.25, 0.3) is 0 Å². The molecule has 0 saturated carbocycles. The average Bonchev–Trinajstić information content (AvgIpc) is 2.21. The highest BCUT2D eigenvalue weighted by Gasteiger charge is 2.00. The van der Waals surface area contributed by atoms with E-state index in [1.54, 1.807) is 17.5 Å². The van der Waals surface area contributed by atoms with Gasteiger partial charge in [0, 0.05) is 6.20 Å². The number of thiazole rings is 1. The van der Waals surface area contributed by atoms with Crippen LogP contribution in [0.4, 0.5) is 5.82 Å². The summed E-state index contributed by atoms with van der Waals surface area (Å²) in [7, 11) is 0. The number of aromatic nitrogens is 2. The van der Waals surface area contributed by atoms with Gasteiger partial charge in [-0.1, -0.05) is 11.3 Å². The van der Waals surface area contributed by atoms with Crippen molar-refractivity contribution in [2.24, 2.45) is 0 Å². The molecule has 0 amide bonds. The molecule has 5 heteroatoms. The number of nitrogen functional groups attached to an aromatic ring is 1. The van der Waals surface area contributed by atoms with Crippen LogP contribution >= 0.6 is 27.3 Å². The fraction of sp³-hybridized carbons (Fsp3) is 0. The van der Waals surface area contributed by atoms with Crippen molar-refractivity contribution >= 4 is 38.0 Å². The molecule has 10 heavy (non-hydrogen) atoms. The van der Waals surface area contributed by atoms with E-state index in [2.05, 4.69) is 20.9 Å². The second-order valence-electron chi connectivity index (χ2n) is 1.89. The van der Waals surface area contributed by atoms with Crippen LogP contribution in [0.3, 0.4) is 0 Å². The van der Waals surface area contributed by atoms with Gasteiger partial charge in [-0.05, 0) is 15.9 Å². The molecule has 0 aliphatic heterocycles. The summed E-state index contributed by atoms with van der Waals surface area (Å²) in [5.74, 6) is 0.568. The van der Waals surface area contributed by atoms with Gasteiger partial charge in [0.05, 0.1) is 9.98 Å². The van der Waals surface area contributed by atoms with Gasteiger partial charge in [0.1, 0.15) is 5.82 Å². The molecule has 0 atom stereocenters. The molecule has 2 rings (SSSR count). The van der Waals surface area contributed by atoms with E-state index in [1.807, 2.05) is 10.6 Å². The Hall–Kier alpha value is -0.550. The number of hydrogen-bond donors (Lipinski definition) is 1. The summed E-state index contributed by atoms with van der Waals surface area (Å²) in [6, 6.07) is 0. The van der Waals surface area contributed by atoms with E-state index in [9.17, 15) is 0 Å². The molecule has 0 aromatic carbocycles. The highest BCUT2D eigenvalue weighted by molar-refractivity contribution is 9.11. The largest absolute Gasteiger partial charge is 0.382 e. The Labute approximate surface area is 69.6 Å². The quantitative estimate of drug-likeness (QED) is 0.731. The summed E-state index contributed by atoms with van der Waals surface area (Å²) in [6.45, 7) is 0. The van der Waals surface area contributed by atoms with E-state index in [0.717, 1.165) is 8.75 Å². The molecule has 2 aromatic heterocycles. The Balaban J connectivity index is 2.83. The second-order valence-corrected chi connectivity index (χ2v) is 4.28. The SMILES string of the molecule is Nc1cn2cc(Br)sc2n1. The number of imidazole rings is 1. The normalized spacial score (nSPS) is 10.9. The summed E-state index contributed by atoms with van der Waals surface area (Å²) >= 11 is 4.91. The summed E-state index contributed by atoms with van der Waals surface area (Å²) < 4.78 is 2.96. The smallest absolute Gasteiger partial charge is 0.196 e. The third-order valence-corrected chi connectivity index (χ3v) is 2.62. The zero-order valence-corrected chi connectivity index (χ0v) is 7.32. The topological polar surface area (TPSA) is 43.3 Å². The Kier molecular flexibility index (Phi) is 1.21. The van der Waals surface area contributed by atoms with Crippen LogP contribution in [-0.4, -0.2) is 9.38 Å². The maximum atomic E-state index is 5.44. The Morgan fingerprint density at radius 1 is 1.60 bits per heavy atom. The van der Waals surface area contributed by atoms with Gasteiger partial charge in [-0.2, -0.15) is 0 Å². The monoisotopic (exact) mass is 217 g/mol. The lowest BCUT2D eigenvalue weighted by molar-refractivity contribution is 1.23. The van der Waals surface area contributed by atoms with Gasteiger partial charge in [-0.3, -0.25) is 4.40 Å². The van der Waals surface area contributed by atoms with Crippen molar-refractivity contribution < 1.29 is 0 Å². The fourth-order valence-corrected chi connectivity index (χ4v) is 2.14. The first kappa shape index (κ1) is 6.18. The minimum atomic E-state index is 0.568. The van der Waals surface area contributed by atoms with Crippen LogP contribution in [0.5, 0.6) is 0 Å². The number of rotatable bonds is 0. The van der Waals surface area contributed by atoms with Crippen molar-refractivity contribution in [3.05, 3.63) is 16.2 Å². The highest BCUT2D eigenvalue weighted by atomic mass is 79.9. The second kappa shape index (κ2) is 1.96. The van der Waals surface area contributed by atoms with Crippen LogP contribution in [0.15, 0.2) is 16.2 Å². The highest BCUT2D eigenvalue weighted by Crippen LogP contribution is 2.22. The summed E-state index contributed by atoms with van der Waals surface area (Å²) in [5, 5.41) is 0. The van der Waals surface area contributed by atoms with Gasteiger partial charge in [0.15, 0.2) is 4.96 Å². The summed E-state index contributed by atoms with van der Waals surface area (Å²) in [4.78, 5) is 4.98. The van der Waals surface area contributed by atoms with Crippen LogP contribution in [0, 0.1) is 0 Å². The number of nitrogens with two attached hydrogens (primary N) is 1. The first-order valence-electron chi connectivity index (χ1n) is 2.65. The van der Waals surface area contributed by atoms with Crippen LogP contribution in [-0.2, 0) is 0 Å². The molecule has 2 aromatic rings. The van der Waals surface area contributed by atoms with E-state index in [0.29, 0.717) is 5.82 Å². The maximum absolute atomic E-state index is 5.44. The van der Waals surface area contributed by atoms with Crippen molar-refractivity contribution in [1.29, 1.82) is 0 Å². The van der Waals surface area contributed by atoms with Crippen molar-refractivity contribution in [2.75, 3.05) is 5.73 Å². The fourth-order valence-electron chi connectivity index (χ4n) is 0.786. The Morgan fingerprint density at radius 2 is 2.40 bits per heavy atom. The molecule has 3 nitrogen and oxygen atoms in total. The first-order valence-corrected chi connectivity index (χ1v) is 4.26. The van der Waals surface area contributed by atoms with Crippen molar-refractivity contribution in [3.63, 3.8) is 0 Å². The number of anilines is 1. The van der Waals surface area contributed by atoms with Gasteiger partial charge < -0.3 is 5.73 Å². The zero-order valence-electron chi connectivity index (χ0n) is 4.91.